The van der Waals surface area contributed by atoms with E-state index in [1.165, 1.54) is 25.9 Å². The van der Waals surface area contributed by atoms with Gasteiger partial charge in [-0.3, -0.25) is 4.90 Å². The van der Waals surface area contributed by atoms with E-state index in [4.69, 9.17) is 4.74 Å². The van der Waals surface area contributed by atoms with Crippen LogP contribution in [0.1, 0.15) is 19.8 Å². The van der Waals surface area contributed by atoms with Gasteiger partial charge in [0, 0.05) is 12.1 Å². The van der Waals surface area contributed by atoms with Crippen LogP contribution in [0.25, 0.3) is 0 Å². The molecule has 2 saturated heterocycles. The van der Waals surface area contributed by atoms with Crippen molar-refractivity contribution in [2.24, 2.45) is 0 Å². The molecule has 13 heavy (non-hydrogen) atoms. The zero-order chi connectivity index (χ0) is 9.26. The van der Waals surface area contributed by atoms with Crippen LogP contribution in [0.2, 0.25) is 0 Å². The number of hydrogen-bond donors (Lipinski definition) is 0. The van der Waals surface area contributed by atoms with Crippen molar-refractivity contribution in [3.8, 4) is 0 Å². The highest BCUT2D eigenvalue weighted by atomic mass is 16.5. The van der Waals surface area contributed by atoms with Crippen LogP contribution in [0.15, 0.2) is 0 Å². The molecule has 0 N–H and O–H groups in total. The van der Waals surface area contributed by atoms with E-state index >= 15 is 0 Å². The van der Waals surface area contributed by atoms with Crippen LogP contribution in [-0.4, -0.2) is 55.4 Å². The predicted octanol–water partition coefficient (Wildman–Crippen LogP) is 0.759. The largest absolute Gasteiger partial charge is 0.364 e. The van der Waals surface area contributed by atoms with Gasteiger partial charge in [0.1, 0.15) is 0 Å². The maximum Gasteiger partial charge on any atom is 0.0996 e. The number of piperidine rings is 1. The topological polar surface area (TPSA) is 15.7 Å². The highest BCUT2D eigenvalue weighted by Gasteiger charge is 2.30. The van der Waals surface area contributed by atoms with Crippen molar-refractivity contribution in [3.05, 3.63) is 0 Å². The van der Waals surface area contributed by atoms with Crippen molar-refractivity contribution < 1.29 is 4.74 Å². The Morgan fingerprint density at radius 1 is 1.23 bits per heavy atom. The summed E-state index contributed by atoms with van der Waals surface area (Å²) in [7, 11) is 2.21. The van der Waals surface area contributed by atoms with Gasteiger partial charge in [-0.1, -0.05) is 0 Å². The summed E-state index contributed by atoms with van der Waals surface area (Å²) in [5.74, 6) is 0. The zero-order valence-electron chi connectivity index (χ0n) is 8.70. The average Bonchev–Trinajstić information content (AvgIpc) is 2.53. The van der Waals surface area contributed by atoms with E-state index in [2.05, 4.69) is 23.8 Å². The smallest absolute Gasteiger partial charge is 0.0996 e. The van der Waals surface area contributed by atoms with Crippen LogP contribution in [0.5, 0.6) is 0 Å². The van der Waals surface area contributed by atoms with Gasteiger partial charge in [-0.15, -0.1) is 0 Å². The second-order valence-corrected chi connectivity index (χ2v) is 4.40. The van der Waals surface area contributed by atoms with Crippen molar-refractivity contribution >= 4 is 0 Å². The molecule has 76 valence electrons. The third-order valence-corrected chi connectivity index (χ3v) is 3.32. The molecule has 2 fully saturated rings. The monoisotopic (exact) mass is 184 g/mol. The fraction of sp³-hybridized carbons (Fsp3) is 1.00. The quantitative estimate of drug-likeness (QED) is 0.598. The summed E-state index contributed by atoms with van der Waals surface area (Å²) in [5, 5.41) is 0. The third-order valence-electron chi connectivity index (χ3n) is 3.32. The Labute approximate surface area is 80.6 Å². The lowest BCUT2D eigenvalue weighted by atomic mass is 10.0. The molecule has 2 aliphatic rings. The molecule has 3 heteroatoms. The lowest BCUT2D eigenvalue weighted by Gasteiger charge is -2.36. The molecule has 0 aromatic carbocycles. The molecule has 2 aliphatic heterocycles. The van der Waals surface area contributed by atoms with E-state index in [0.29, 0.717) is 6.04 Å². The number of nitrogens with zero attached hydrogens (tertiary/aromatic N) is 2. The maximum atomic E-state index is 5.46. The van der Waals surface area contributed by atoms with Gasteiger partial charge in [-0.25, -0.2) is 0 Å². The highest BCUT2D eigenvalue weighted by molar-refractivity contribution is 4.82. The molecule has 2 heterocycles. The summed E-state index contributed by atoms with van der Waals surface area (Å²) in [6, 6.07) is 1.40. The molecule has 2 rings (SSSR count). The Morgan fingerprint density at radius 3 is 2.46 bits per heavy atom. The van der Waals surface area contributed by atoms with Gasteiger partial charge in [0.15, 0.2) is 0 Å². The Hall–Kier alpha value is -0.120. The van der Waals surface area contributed by atoms with Gasteiger partial charge in [0.2, 0.25) is 0 Å². The minimum Gasteiger partial charge on any atom is -0.364 e. The Morgan fingerprint density at radius 2 is 1.92 bits per heavy atom. The van der Waals surface area contributed by atoms with E-state index in [0.717, 1.165) is 19.4 Å². The molecule has 0 aromatic heterocycles. The third kappa shape index (κ3) is 2.03. The fourth-order valence-corrected chi connectivity index (χ4v) is 2.34. The van der Waals surface area contributed by atoms with Crippen molar-refractivity contribution in [1.29, 1.82) is 0 Å². The van der Waals surface area contributed by atoms with E-state index in [1.54, 1.807) is 0 Å². The first-order valence-corrected chi connectivity index (χ1v) is 5.29. The summed E-state index contributed by atoms with van der Waals surface area (Å²) in [5.41, 5.74) is 0. The minimum absolute atomic E-state index is 0.633. The Bertz CT molecular complexity index is 166. The first-order chi connectivity index (χ1) is 6.27. The summed E-state index contributed by atoms with van der Waals surface area (Å²) >= 11 is 0. The molecule has 0 radical (unpaired) electrons. The van der Waals surface area contributed by atoms with E-state index in [1.807, 2.05) is 0 Å². The van der Waals surface area contributed by atoms with Crippen molar-refractivity contribution in [2.75, 3.05) is 33.5 Å². The standard InChI is InChI=1S/C10H20N2O/c1-9-7-13-8-12(9)10-3-5-11(2)6-4-10/h9-10H,3-8H2,1-2H3/t9-/m1/s1. The second-order valence-electron chi connectivity index (χ2n) is 4.40. The molecule has 0 spiro atoms. The summed E-state index contributed by atoms with van der Waals surface area (Å²) in [6.07, 6.45) is 2.62. The molecule has 0 bridgehead atoms. The Balaban J connectivity index is 1.86. The van der Waals surface area contributed by atoms with Gasteiger partial charge in [0.25, 0.3) is 0 Å². The van der Waals surface area contributed by atoms with Gasteiger partial charge >= 0.3 is 0 Å². The van der Waals surface area contributed by atoms with Crippen LogP contribution < -0.4 is 0 Å². The lowest BCUT2D eigenvalue weighted by molar-refractivity contribution is 0.0743. The van der Waals surface area contributed by atoms with E-state index in [9.17, 15) is 0 Å². The summed E-state index contributed by atoms with van der Waals surface area (Å²) < 4.78 is 5.46. The molecule has 3 nitrogen and oxygen atoms in total. The van der Waals surface area contributed by atoms with Crippen LogP contribution in [-0.2, 0) is 4.74 Å². The second kappa shape index (κ2) is 3.95. The number of ether oxygens (including phenoxy) is 1. The van der Waals surface area contributed by atoms with Crippen molar-refractivity contribution in [2.45, 2.75) is 31.8 Å². The highest BCUT2D eigenvalue weighted by Crippen LogP contribution is 2.21. The summed E-state index contributed by atoms with van der Waals surface area (Å²) in [4.78, 5) is 4.94. The maximum absolute atomic E-state index is 5.46. The summed E-state index contributed by atoms with van der Waals surface area (Å²) in [6.45, 7) is 6.54. The molecule has 0 saturated carbocycles. The van der Waals surface area contributed by atoms with Crippen LogP contribution in [0.3, 0.4) is 0 Å². The SMILES string of the molecule is C[C@@H]1COCN1C1CCN(C)CC1. The fourth-order valence-electron chi connectivity index (χ4n) is 2.34. The van der Waals surface area contributed by atoms with Gasteiger partial charge in [-0.05, 0) is 39.9 Å². The van der Waals surface area contributed by atoms with Crippen LogP contribution in [0.4, 0.5) is 0 Å². The minimum atomic E-state index is 0.633. The molecule has 0 aromatic rings. The number of likely N-dealkylation sites (tertiary alicyclic amines) is 1. The molecule has 0 aliphatic carbocycles. The first kappa shape index (κ1) is 9.44. The normalized spacial score (nSPS) is 34.2. The molecule has 0 unspecified atom stereocenters. The van der Waals surface area contributed by atoms with Crippen LogP contribution >= 0.6 is 0 Å². The van der Waals surface area contributed by atoms with Crippen LogP contribution in [0, 0.1) is 0 Å². The predicted molar refractivity (Wildman–Crippen MR) is 52.6 cm³/mol. The Kier molecular flexibility index (Phi) is 2.86. The lowest BCUT2D eigenvalue weighted by Crippen LogP contribution is -2.45. The van der Waals surface area contributed by atoms with Gasteiger partial charge in [-0.2, -0.15) is 0 Å². The molecular formula is C10H20N2O. The van der Waals surface area contributed by atoms with Gasteiger partial charge < -0.3 is 9.64 Å². The number of hydrogen-bond acceptors (Lipinski definition) is 3. The van der Waals surface area contributed by atoms with Gasteiger partial charge in [0.05, 0.1) is 13.3 Å². The van der Waals surface area contributed by atoms with Crippen molar-refractivity contribution in [1.82, 2.24) is 9.80 Å². The molecular weight excluding hydrogens is 164 g/mol. The zero-order valence-corrected chi connectivity index (χ0v) is 8.70. The molecule has 0 amide bonds. The van der Waals surface area contributed by atoms with E-state index < -0.39 is 0 Å². The first-order valence-electron chi connectivity index (χ1n) is 5.29. The molecule has 1 atom stereocenters. The average molecular weight is 184 g/mol. The van der Waals surface area contributed by atoms with Crippen molar-refractivity contribution in [3.63, 3.8) is 0 Å². The number of rotatable bonds is 1. The van der Waals surface area contributed by atoms with E-state index in [-0.39, 0.29) is 0 Å².